The van der Waals surface area contributed by atoms with Gasteiger partial charge in [-0.1, -0.05) is 23.7 Å². The quantitative estimate of drug-likeness (QED) is 0.661. The maximum atomic E-state index is 6.50. The smallest absolute Gasteiger partial charge is 0.225 e. The minimum absolute atomic E-state index is 0.611. The molecule has 1 aliphatic rings. The fourth-order valence-electron chi connectivity index (χ4n) is 3.42. The van der Waals surface area contributed by atoms with Crippen LogP contribution in [0.25, 0.3) is 10.9 Å². The highest BCUT2D eigenvalue weighted by Gasteiger charge is 2.20. The molecule has 1 saturated heterocycles. The van der Waals surface area contributed by atoms with E-state index >= 15 is 0 Å². The number of anilines is 1. The summed E-state index contributed by atoms with van der Waals surface area (Å²) in [4.78, 5) is 18.0. The third-order valence-electron chi connectivity index (χ3n) is 5.14. The fraction of sp³-hybridized carbons (Fsp3) is 0.350. The van der Waals surface area contributed by atoms with Crippen molar-refractivity contribution in [3.8, 4) is 0 Å². The Morgan fingerprint density at radius 2 is 1.77 bits per heavy atom. The van der Waals surface area contributed by atoms with Gasteiger partial charge in [-0.05, 0) is 37.1 Å². The van der Waals surface area contributed by atoms with E-state index in [0.717, 1.165) is 55.1 Å². The summed E-state index contributed by atoms with van der Waals surface area (Å²) in [5.74, 6) is 0.809. The zero-order valence-electron chi connectivity index (χ0n) is 15.1. The molecule has 3 aromatic rings. The lowest BCUT2D eigenvalue weighted by Crippen LogP contribution is -2.46. The predicted octanol–water partition coefficient (Wildman–Crippen LogP) is 3.62. The lowest BCUT2D eigenvalue weighted by Gasteiger charge is -2.34. The molecule has 1 aromatic carbocycles. The first-order valence-electron chi connectivity index (χ1n) is 8.91. The topological polar surface area (TPSA) is 45.2 Å². The number of nitrogens with zero attached hydrogens (tertiary/aromatic N) is 5. The van der Waals surface area contributed by atoms with Gasteiger partial charge in [0.25, 0.3) is 0 Å². The lowest BCUT2D eigenvalue weighted by atomic mass is 10.0. The molecule has 0 bridgehead atoms. The third kappa shape index (κ3) is 3.37. The zero-order valence-corrected chi connectivity index (χ0v) is 15.9. The Morgan fingerprint density at radius 1 is 1.04 bits per heavy atom. The van der Waals surface area contributed by atoms with Gasteiger partial charge in [-0.25, -0.2) is 15.0 Å². The number of fused-ring (bicyclic) bond motifs is 1. The van der Waals surface area contributed by atoms with Gasteiger partial charge in [0.1, 0.15) is 5.15 Å². The van der Waals surface area contributed by atoms with E-state index in [9.17, 15) is 0 Å². The van der Waals surface area contributed by atoms with Gasteiger partial charge in [0.15, 0.2) is 0 Å². The number of halogens is 1. The van der Waals surface area contributed by atoms with Crippen LogP contribution in [0.2, 0.25) is 5.15 Å². The van der Waals surface area contributed by atoms with Crippen LogP contribution in [0.15, 0.2) is 36.7 Å². The van der Waals surface area contributed by atoms with E-state index in [-0.39, 0.29) is 0 Å². The van der Waals surface area contributed by atoms with Gasteiger partial charge in [-0.15, -0.1) is 0 Å². The standard InChI is InChI=1S/C20H22ClN5/c1-14-4-5-16-12-17(19(21)24-18(16)15(14)2)13-25-8-10-26(11-9-25)20-22-6-3-7-23-20/h3-7,12H,8-11,13H2,1-2H3. The molecule has 26 heavy (non-hydrogen) atoms. The van der Waals surface area contributed by atoms with Crippen molar-refractivity contribution in [2.24, 2.45) is 0 Å². The van der Waals surface area contributed by atoms with Crippen LogP contribution in [-0.2, 0) is 6.54 Å². The van der Waals surface area contributed by atoms with Gasteiger partial charge in [0, 0.05) is 56.1 Å². The Morgan fingerprint density at radius 3 is 2.50 bits per heavy atom. The summed E-state index contributed by atoms with van der Waals surface area (Å²) in [6.07, 6.45) is 3.58. The van der Waals surface area contributed by atoms with Crippen LogP contribution >= 0.6 is 11.6 Å². The van der Waals surface area contributed by atoms with Crippen molar-refractivity contribution in [1.82, 2.24) is 19.9 Å². The van der Waals surface area contributed by atoms with E-state index in [0.29, 0.717) is 5.15 Å². The highest BCUT2D eigenvalue weighted by Crippen LogP contribution is 2.26. The summed E-state index contributed by atoms with van der Waals surface area (Å²) >= 11 is 6.50. The number of hydrogen-bond acceptors (Lipinski definition) is 5. The number of aromatic nitrogens is 3. The largest absolute Gasteiger partial charge is 0.338 e. The molecule has 134 valence electrons. The second kappa shape index (κ2) is 7.17. The molecule has 3 heterocycles. The van der Waals surface area contributed by atoms with E-state index in [1.165, 1.54) is 11.1 Å². The van der Waals surface area contributed by atoms with E-state index in [1.54, 1.807) is 12.4 Å². The van der Waals surface area contributed by atoms with Gasteiger partial charge in [0.05, 0.1) is 5.52 Å². The van der Waals surface area contributed by atoms with Crippen LogP contribution < -0.4 is 4.90 Å². The maximum Gasteiger partial charge on any atom is 0.225 e. The molecule has 5 nitrogen and oxygen atoms in total. The third-order valence-corrected chi connectivity index (χ3v) is 5.47. The van der Waals surface area contributed by atoms with Crippen molar-refractivity contribution in [3.05, 3.63) is 58.5 Å². The van der Waals surface area contributed by atoms with Crippen molar-refractivity contribution in [2.75, 3.05) is 31.1 Å². The highest BCUT2D eigenvalue weighted by molar-refractivity contribution is 6.30. The summed E-state index contributed by atoms with van der Waals surface area (Å²) in [6.45, 7) is 8.78. The summed E-state index contributed by atoms with van der Waals surface area (Å²) in [5, 5.41) is 1.77. The van der Waals surface area contributed by atoms with Gasteiger partial charge in [0.2, 0.25) is 5.95 Å². The Hall–Kier alpha value is -2.24. The molecule has 1 aliphatic heterocycles. The Balaban J connectivity index is 1.48. The molecule has 0 spiro atoms. The Bertz CT molecular complexity index is 920. The van der Waals surface area contributed by atoms with E-state index in [1.807, 2.05) is 6.07 Å². The van der Waals surface area contributed by atoms with Crippen molar-refractivity contribution >= 4 is 28.5 Å². The van der Waals surface area contributed by atoms with Crippen molar-refractivity contribution in [3.63, 3.8) is 0 Å². The summed E-state index contributed by atoms with van der Waals surface area (Å²) in [6, 6.07) is 8.31. The molecule has 0 N–H and O–H groups in total. The zero-order chi connectivity index (χ0) is 18.1. The molecular formula is C20H22ClN5. The number of rotatable bonds is 3. The minimum Gasteiger partial charge on any atom is -0.338 e. The van der Waals surface area contributed by atoms with Crippen LogP contribution in [0.1, 0.15) is 16.7 Å². The first-order chi connectivity index (χ1) is 12.6. The Labute approximate surface area is 158 Å². The average Bonchev–Trinajstić information content (AvgIpc) is 2.67. The van der Waals surface area contributed by atoms with Crippen LogP contribution in [0.3, 0.4) is 0 Å². The van der Waals surface area contributed by atoms with Crippen LogP contribution in [0.5, 0.6) is 0 Å². The van der Waals surface area contributed by atoms with Gasteiger partial charge in [-0.3, -0.25) is 4.90 Å². The lowest BCUT2D eigenvalue weighted by molar-refractivity contribution is 0.248. The van der Waals surface area contributed by atoms with Crippen LogP contribution in [0, 0.1) is 13.8 Å². The minimum atomic E-state index is 0.611. The van der Waals surface area contributed by atoms with E-state index in [4.69, 9.17) is 11.6 Å². The number of piperazine rings is 1. The van der Waals surface area contributed by atoms with Crippen molar-refractivity contribution < 1.29 is 0 Å². The van der Waals surface area contributed by atoms with Gasteiger partial charge in [-0.2, -0.15) is 0 Å². The molecule has 4 rings (SSSR count). The molecule has 2 aromatic heterocycles. The fourth-order valence-corrected chi connectivity index (χ4v) is 3.62. The molecule has 0 atom stereocenters. The SMILES string of the molecule is Cc1ccc2cc(CN3CCN(c4ncccn4)CC3)c(Cl)nc2c1C. The van der Waals surface area contributed by atoms with E-state index < -0.39 is 0 Å². The second-order valence-corrected chi connectivity index (χ2v) is 7.19. The number of benzene rings is 1. The molecule has 0 aliphatic carbocycles. The van der Waals surface area contributed by atoms with Crippen molar-refractivity contribution in [1.29, 1.82) is 0 Å². The first kappa shape index (κ1) is 17.2. The van der Waals surface area contributed by atoms with E-state index in [2.05, 4.69) is 56.8 Å². The molecule has 0 radical (unpaired) electrons. The van der Waals surface area contributed by atoms with Gasteiger partial charge < -0.3 is 4.90 Å². The summed E-state index contributed by atoms with van der Waals surface area (Å²) < 4.78 is 0. The highest BCUT2D eigenvalue weighted by atomic mass is 35.5. The van der Waals surface area contributed by atoms with Gasteiger partial charge >= 0.3 is 0 Å². The molecule has 1 fully saturated rings. The number of aryl methyl sites for hydroxylation is 2. The van der Waals surface area contributed by atoms with Crippen LogP contribution in [0.4, 0.5) is 5.95 Å². The van der Waals surface area contributed by atoms with Crippen LogP contribution in [-0.4, -0.2) is 46.0 Å². The normalized spacial score (nSPS) is 15.6. The maximum absolute atomic E-state index is 6.50. The average molecular weight is 368 g/mol. The molecule has 0 amide bonds. The first-order valence-corrected chi connectivity index (χ1v) is 9.29. The number of pyridine rings is 1. The molecule has 6 heteroatoms. The second-order valence-electron chi connectivity index (χ2n) is 6.83. The molecule has 0 unspecified atom stereocenters. The molecular weight excluding hydrogens is 346 g/mol. The monoisotopic (exact) mass is 367 g/mol. The molecule has 0 saturated carbocycles. The van der Waals surface area contributed by atoms with Crippen molar-refractivity contribution in [2.45, 2.75) is 20.4 Å². The summed E-state index contributed by atoms with van der Waals surface area (Å²) in [5.41, 5.74) is 4.54. The number of hydrogen-bond donors (Lipinski definition) is 0. The Kier molecular flexibility index (Phi) is 4.74. The summed E-state index contributed by atoms with van der Waals surface area (Å²) in [7, 11) is 0. The predicted molar refractivity (Wildman–Crippen MR) is 106 cm³/mol.